The molecule has 2 amide bonds. The van der Waals surface area contributed by atoms with Gasteiger partial charge in [-0.1, -0.05) is 187 Å². The number of amides is 2. The summed E-state index contributed by atoms with van der Waals surface area (Å²) < 4.78 is 0. The third-order valence-electron chi connectivity index (χ3n) is 13.1. The van der Waals surface area contributed by atoms with Gasteiger partial charge in [0.25, 0.3) is 13.4 Å². The minimum Gasteiger partial charge on any atom is -0.261 e. The topological polar surface area (TPSA) is 62.2 Å². The van der Waals surface area contributed by atoms with E-state index < -0.39 is 0 Å². The number of rotatable bonds is 5. The van der Waals surface area contributed by atoms with Crippen molar-refractivity contribution >= 4 is 108 Å². The SMILES string of the molecule is CC(C)(C)Cc1ccccc1B1c2ccc3ccc4c5c3c2N(C(=O)N5c2cc3ccccc3nc2B4c2c(CC(C)(C)C)cccc2CC(C)(C)C)c2nc3ccccc3nc21. The molecule has 5 heterocycles. The number of anilines is 4. The number of para-hydroxylation sites is 3. The average Bonchev–Trinajstić information content (AvgIpc) is 3.22. The summed E-state index contributed by atoms with van der Waals surface area (Å²) in [6.07, 6.45) is 2.72. The van der Waals surface area contributed by atoms with Crippen LogP contribution in [0.25, 0.3) is 32.7 Å². The standard InChI is InChI=1S/C55H53B2N5O/c1-53(2,3)30-35-18-10-12-21-38(35)56-39-27-25-33-26-28-40-47-45(33)48(39)62(51-50(56)59-42-23-14-15-24-43(42)60-51)52(63)61(47)44-29-34-17-11-13-22-41(34)58-49(44)57(40)46-36(31-54(4,5)6)19-16-20-37(46)32-55(7,8)9/h10-29H,30-32H2,1-9H3. The zero-order valence-corrected chi connectivity index (χ0v) is 38.0. The molecule has 0 bridgehead atoms. The quantitative estimate of drug-likeness (QED) is 0.163. The Labute approximate surface area is 372 Å². The van der Waals surface area contributed by atoms with Crippen LogP contribution in [0.3, 0.4) is 0 Å². The highest BCUT2D eigenvalue weighted by Crippen LogP contribution is 2.47. The van der Waals surface area contributed by atoms with E-state index in [1.165, 1.54) is 27.6 Å². The predicted octanol–water partition coefficient (Wildman–Crippen LogP) is 9.17. The molecule has 310 valence electrons. The van der Waals surface area contributed by atoms with Crippen molar-refractivity contribution in [2.75, 3.05) is 9.80 Å². The first-order valence-electron chi connectivity index (χ1n) is 22.6. The number of hydrogen-bond donors (Lipinski definition) is 0. The Morgan fingerprint density at radius 2 is 1.00 bits per heavy atom. The molecule has 11 rings (SSSR count). The Bertz CT molecular complexity index is 3190. The van der Waals surface area contributed by atoms with Crippen molar-refractivity contribution in [2.24, 2.45) is 16.2 Å². The lowest BCUT2D eigenvalue weighted by Gasteiger charge is -2.45. The van der Waals surface area contributed by atoms with Crippen LogP contribution in [-0.2, 0) is 19.3 Å². The molecule has 0 saturated carbocycles. The Balaban J connectivity index is 1.28. The van der Waals surface area contributed by atoms with E-state index in [4.69, 9.17) is 15.0 Å². The van der Waals surface area contributed by atoms with Crippen LogP contribution in [0.5, 0.6) is 0 Å². The van der Waals surface area contributed by atoms with E-state index in [1.54, 1.807) is 0 Å². The fraction of sp³-hybridized carbons (Fsp3) is 0.273. The van der Waals surface area contributed by atoms with Crippen molar-refractivity contribution in [1.82, 2.24) is 15.0 Å². The highest BCUT2D eigenvalue weighted by molar-refractivity contribution is 7.00. The lowest BCUT2D eigenvalue weighted by atomic mass is 9.34. The number of urea groups is 1. The Morgan fingerprint density at radius 1 is 0.476 bits per heavy atom. The molecule has 0 radical (unpaired) electrons. The molecule has 0 aliphatic carbocycles. The first kappa shape index (κ1) is 39.6. The summed E-state index contributed by atoms with van der Waals surface area (Å²) in [4.78, 5) is 36.5. The van der Waals surface area contributed by atoms with Crippen molar-refractivity contribution in [3.05, 3.63) is 138 Å². The smallest absolute Gasteiger partial charge is 0.261 e. The normalized spacial score (nSPS) is 14.5. The van der Waals surface area contributed by atoms with Crippen molar-refractivity contribution < 1.29 is 4.79 Å². The Kier molecular flexibility index (Phi) is 8.71. The Hall–Kier alpha value is -6.27. The molecule has 0 N–H and O–H groups in total. The molecule has 2 aromatic heterocycles. The van der Waals surface area contributed by atoms with Gasteiger partial charge in [0.05, 0.1) is 39.2 Å². The van der Waals surface area contributed by atoms with Crippen LogP contribution in [0.15, 0.2) is 121 Å². The molecule has 0 fully saturated rings. The number of carbonyl (C=O) groups excluding carboxylic acids is 1. The van der Waals surface area contributed by atoms with Crippen LogP contribution in [0.4, 0.5) is 27.7 Å². The summed E-state index contributed by atoms with van der Waals surface area (Å²) in [5.41, 5.74) is 15.7. The molecule has 6 aromatic carbocycles. The van der Waals surface area contributed by atoms with Crippen molar-refractivity contribution in [3.63, 3.8) is 0 Å². The van der Waals surface area contributed by atoms with Crippen molar-refractivity contribution in [2.45, 2.75) is 81.6 Å². The molecule has 0 atom stereocenters. The van der Waals surface area contributed by atoms with Gasteiger partial charge < -0.3 is 0 Å². The molecular formula is C55H53B2N5O. The maximum absolute atomic E-state index is 16.2. The van der Waals surface area contributed by atoms with Gasteiger partial charge in [-0.2, -0.15) is 0 Å². The van der Waals surface area contributed by atoms with Gasteiger partial charge in [0, 0.05) is 16.4 Å². The summed E-state index contributed by atoms with van der Waals surface area (Å²) >= 11 is 0. The number of hydrogen-bond acceptors (Lipinski definition) is 4. The van der Waals surface area contributed by atoms with Gasteiger partial charge in [-0.3, -0.25) is 14.9 Å². The average molecular weight is 822 g/mol. The first-order chi connectivity index (χ1) is 30.0. The molecule has 6 nitrogen and oxygen atoms in total. The second-order valence-corrected chi connectivity index (χ2v) is 21.8. The molecule has 0 spiro atoms. The fourth-order valence-electron chi connectivity index (χ4n) is 10.9. The summed E-state index contributed by atoms with van der Waals surface area (Å²) in [5.74, 6) is 0.589. The van der Waals surface area contributed by atoms with Gasteiger partial charge in [-0.25, -0.2) is 14.7 Å². The third kappa shape index (κ3) is 6.47. The van der Waals surface area contributed by atoms with E-state index >= 15 is 4.79 Å². The zero-order valence-electron chi connectivity index (χ0n) is 38.0. The highest BCUT2D eigenvalue weighted by atomic mass is 16.2. The van der Waals surface area contributed by atoms with Crippen LogP contribution in [0, 0.1) is 16.2 Å². The van der Waals surface area contributed by atoms with Crippen LogP contribution in [0.2, 0.25) is 0 Å². The summed E-state index contributed by atoms with van der Waals surface area (Å²) in [5, 5.41) is 3.15. The molecule has 63 heavy (non-hydrogen) atoms. The molecule has 8 heteroatoms. The van der Waals surface area contributed by atoms with Gasteiger partial charge >= 0.3 is 6.03 Å². The molecule has 3 aliphatic rings. The zero-order chi connectivity index (χ0) is 43.7. The lowest BCUT2D eigenvalue weighted by Crippen LogP contribution is -2.66. The van der Waals surface area contributed by atoms with Crippen LogP contribution < -0.4 is 42.8 Å². The van der Waals surface area contributed by atoms with E-state index in [2.05, 4.69) is 159 Å². The van der Waals surface area contributed by atoms with Gasteiger partial charge in [-0.15, -0.1) is 0 Å². The van der Waals surface area contributed by atoms with E-state index in [1.807, 2.05) is 34.1 Å². The minimum atomic E-state index is -0.246. The molecule has 8 aromatic rings. The maximum atomic E-state index is 16.2. The Morgan fingerprint density at radius 3 is 1.67 bits per heavy atom. The highest BCUT2D eigenvalue weighted by Gasteiger charge is 2.51. The first-order valence-corrected chi connectivity index (χ1v) is 22.6. The fourth-order valence-corrected chi connectivity index (χ4v) is 10.9. The van der Waals surface area contributed by atoms with Gasteiger partial charge in [-0.05, 0) is 76.1 Å². The minimum absolute atomic E-state index is 0.0412. The van der Waals surface area contributed by atoms with E-state index in [0.717, 1.165) is 91.1 Å². The van der Waals surface area contributed by atoms with Crippen molar-refractivity contribution in [1.29, 1.82) is 0 Å². The lowest BCUT2D eigenvalue weighted by molar-refractivity contribution is 0.255. The number of nitrogens with zero attached hydrogens (tertiary/aromatic N) is 5. The van der Waals surface area contributed by atoms with Crippen molar-refractivity contribution in [3.8, 4) is 0 Å². The molecule has 3 aliphatic heterocycles. The van der Waals surface area contributed by atoms with E-state index in [9.17, 15) is 0 Å². The number of pyridine rings is 1. The predicted molar refractivity (Wildman–Crippen MR) is 267 cm³/mol. The molecular weight excluding hydrogens is 768 g/mol. The number of aromatic nitrogens is 3. The number of fused-ring (bicyclic) bond motifs is 6. The summed E-state index contributed by atoms with van der Waals surface area (Å²) in [6.45, 7) is 20.4. The van der Waals surface area contributed by atoms with Crippen LogP contribution in [-0.4, -0.2) is 34.4 Å². The van der Waals surface area contributed by atoms with Gasteiger partial charge in [0.15, 0.2) is 5.82 Å². The summed E-state index contributed by atoms with van der Waals surface area (Å²) in [7, 11) is 0. The number of benzene rings is 6. The van der Waals surface area contributed by atoms with E-state index in [0.29, 0.717) is 5.82 Å². The van der Waals surface area contributed by atoms with Gasteiger partial charge in [0.2, 0.25) is 0 Å². The third-order valence-corrected chi connectivity index (χ3v) is 13.1. The maximum Gasteiger partial charge on any atom is 0.339 e. The van der Waals surface area contributed by atoms with E-state index in [-0.39, 0.29) is 35.7 Å². The monoisotopic (exact) mass is 821 g/mol. The second-order valence-electron chi connectivity index (χ2n) is 21.8. The van der Waals surface area contributed by atoms with Crippen LogP contribution in [0.1, 0.15) is 79.0 Å². The van der Waals surface area contributed by atoms with Crippen LogP contribution >= 0.6 is 0 Å². The van der Waals surface area contributed by atoms with Gasteiger partial charge in [0.1, 0.15) is 0 Å². The largest absolute Gasteiger partial charge is 0.339 e. The second kappa shape index (κ2) is 13.9. The summed E-state index contributed by atoms with van der Waals surface area (Å²) in [6, 6.07) is 43.2. The molecule has 0 saturated heterocycles. The number of carbonyl (C=O) groups is 1. The molecule has 0 unspecified atom stereocenters.